The molecule has 0 saturated heterocycles. The number of benzene rings is 1. The first-order chi connectivity index (χ1) is 7.20. The van der Waals surface area contributed by atoms with Crippen LogP contribution in [-0.2, 0) is 5.88 Å². The number of hydrogen-bond acceptors (Lipinski definition) is 1. The Bertz CT molecular complexity index is 459. The summed E-state index contributed by atoms with van der Waals surface area (Å²) in [5, 5.41) is 0. The summed E-state index contributed by atoms with van der Waals surface area (Å²) in [5.41, 5.74) is 3.63. The molecule has 0 fully saturated rings. The quantitative estimate of drug-likeness (QED) is 0.610. The van der Waals surface area contributed by atoms with Gasteiger partial charge in [0.25, 0.3) is 0 Å². The van der Waals surface area contributed by atoms with Crippen LogP contribution in [0, 0.1) is 13.8 Å². The number of hydrogen-bond donors (Lipinski definition) is 0. The van der Waals surface area contributed by atoms with Gasteiger partial charge in [-0.3, -0.25) is 0 Å². The molecule has 1 aromatic carbocycles. The predicted molar refractivity (Wildman–Crippen MR) is 65.6 cm³/mol. The fourth-order valence-electron chi connectivity index (χ4n) is 1.37. The Morgan fingerprint density at radius 3 is 2.40 bits per heavy atom. The zero-order valence-corrected chi connectivity index (χ0v) is 11.2. The van der Waals surface area contributed by atoms with E-state index in [0.717, 1.165) is 5.69 Å². The number of halogens is 1. The number of alkyl halides is 1. The number of rotatable bonds is 2. The summed E-state index contributed by atoms with van der Waals surface area (Å²) in [5.74, 6) is 0.616. The van der Waals surface area contributed by atoms with E-state index in [1.165, 1.54) is 20.1 Å². The van der Waals surface area contributed by atoms with Gasteiger partial charge >= 0.3 is 101 Å². The molecule has 0 saturated carbocycles. The second-order valence-electron chi connectivity index (χ2n) is 3.53. The molecule has 0 atom stereocenters. The third-order valence-electron chi connectivity index (χ3n) is 2.31. The van der Waals surface area contributed by atoms with Gasteiger partial charge in [0.15, 0.2) is 0 Å². The van der Waals surface area contributed by atoms with Crippen molar-refractivity contribution in [3.63, 3.8) is 0 Å². The maximum absolute atomic E-state index is 5.87. The van der Waals surface area contributed by atoms with Gasteiger partial charge < -0.3 is 0 Å². The van der Waals surface area contributed by atoms with Gasteiger partial charge in [0, 0.05) is 0 Å². The molecule has 0 unspecified atom stereocenters. The van der Waals surface area contributed by atoms with Crippen LogP contribution in [0.15, 0.2) is 24.3 Å². The van der Waals surface area contributed by atoms with Crippen LogP contribution in [-0.4, -0.2) is 19.5 Å². The normalized spacial score (nSPS) is 10.6. The van der Waals surface area contributed by atoms with Crippen molar-refractivity contribution in [3.05, 3.63) is 40.0 Å². The summed E-state index contributed by atoms with van der Waals surface area (Å²) >= 11 is 6.19. The number of aromatic nitrogens is 1. The minimum absolute atomic E-state index is 0.321. The third-order valence-corrected chi connectivity index (χ3v) is 5.47. The van der Waals surface area contributed by atoms with Crippen molar-refractivity contribution in [1.29, 1.82) is 0 Å². The molecule has 15 heavy (non-hydrogen) atoms. The minimum atomic E-state index is 0.321. The van der Waals surface area contributed by atoms with Crippen LogP contribution >= 0.6 is 11.6 Å². The SMILES string of the molecule is Cc1ccc(-c2nc(C)c(CCl)[se]2)cc1. The molecule has 2 rings (SSSR count). The zero-order valence-electron chi connectivity index (χ0n) is 8.75. The second kappa shape index (κ2) is 4.52. The Morgan fingerprint density at radius 2 is 1.87 bits per heavy atom. The van der Waals surface area contributed by atoms with Gasteiger partial charge in [-0.15, -0.1) is 0 Å². The Morgan fingerprint density at radius 1 is 1.20 bits per heavy atom. The van der Waals surface area contributed by atoms with E-state index in [1.54, 1.807) is 0 Å². The Hall–Kier alpha value is -0.561. The van der Waals surface area contributed by atoms with Gasteiger partial charge in [-0.1, -0.05) is 0 Å². The fourth-order valence-corrected chi connectivity index (χ4v) is 3.77. The van der Waals surface area contributed by atoms with Crippen molar-refractivity contribution in [2.45, 2.75) is 19.7 Å². The van der Waals surface area contributed by atoms with Crippen molar-refractivity contribution < 1.29 is 0 Å². The van der Waals surface area contributed by atoms with Gasteiger partial charge in [0.1, 0.15) is 0 Å². The molecular weight excluding hydrogens is 273 g/mol. The first kappa shape index (κ1) is 10.9. The summed E-state index contributed by atoms with van der Waals surface area (Å²) in [7, 11) is 0. The van der Waals surface area contributed by atoms with Crippen LogP contribution in [0.3, 0.4) is 0 Å². The van der Waals surface area contributed by atoms with Crippen LogP contribution in [0.4, 0.5) is 0 Å². The monoisotopic (exact) mass is 285 g/mol. The summed E-state index contributed by atoms with van der Waals surface area (Å²) in [6.07, 6.45) is 0. The van der Waals surface area contributed by atoms with Crippen molar-refractivity contribution in [2.24, 2.45) is 0 Å². The molecule has 0 N–H and O–H groups in total. The van der Waals surface area contributed by atoms with E-state index in [4.69, 9.17) is 11.6 Å². The molecule has 1 nitrogen and oxygen atoms in total. The molecule has 0 radical (unpaired) electrons. The van der Waals surface area contributed by atoms with Gasteiger partial charge in [0.05, 0.1) is 0 Å². The summed E-state index contributed by atoms with van der Waals surface area (Å²) in [6, 6.07) is 8.53. The van der Waals surface area contributed by atoms with Gasteiger partial charge in [-0.2, -0.15) is 0 Å². The summed E-state index contributed by atoms with van der Waals surface area (Å²) in [4.78, 5) is 4.58. The molecule has 0 spiro atoms. The van der Waals surface area contributed by atoms with Crippen LogP contribution in [0.1, 0.15) is 15.7 Å². The van der Waals surface area contributed by atoms with Crippen molar-refractivity contribution in [3.8, 4) is 10.1 Å². The van der Waals surface area contributed by atoms with Crippen molar-refractivity contribution in [2.75, 3.05) is 0 Å². The van der Waals surface area contributed by atoms with E-state index >= 15 is 0 Å². The molecule has 3 heteroatoms. The molecule has 0 bridgehead atoms. The van der Waals surface area contributed by atoms with Crippen LogP contribution < -0.4 is 0 Å². The third kappa shape index (κ3) is 2.34. The topological polar surface area (TPSA) is 12.9 Å². The molecule has 2 aromatic rings. The molecular formula is C12H12ClNSe. The van der Waals surface area contributed by atoms with E-state index in [9.17, 15) is 0 Å². The first-order valence-corrected chi connectivity index (χ1v) is 7.05. The summed E-state index contributed by atoms with van der Waals surface area (Å²) < 4.78 is 2.51. The van der Waals surface area contributed by atoms with Crippen LogP contribution in [0.25, 0.3) is 10.1 Å². The molecule has 1 aromatic heterocycles. The molecule has 0 aliphatic rings. The Balaban J connectivity index is 2.41. The standard InChI is InChI=1S/C12H12ClNSe/c1-8-3-5-10(6-4-8)12-14-9(2)11(7-13)15-12/h3-6H,7H2,1-2H3. The first-order valence-electron chi connectivity index (χ1n) is 4.80. The van der Waals surface area contributed by atoms with E-state index in [0.29, 0.717) is 20.4 Å². The average Bonchev–Trinajstić information content (AvgIpc) is 2.61. The molecule has 0 amide bonds. The Kier molecular flexibility index (Phi) is 3.30. The van der Waals surface area contributed by atoms with Crippen molar-refractivity contribution in [1.82, 2.24) is 4.98 Å². The Labute approximate surface area is 101 Å². The number of nitrogens with zero attached hydrogens (tertiary/aromatic N) is 1. The van der Waals surface area contributed by atoms with Crippen LogP contribution in [0.2, 0.25) is 0 Å². The molecule has 78 valence electrons. The predicted octanol–water partition coefficient (Wildman–Crippen LogP) is 3.16. The summed E-state index contributed by atoms with van der Waals surface area (Å²) in [6.45, 7) is 4.14. The van der Waals surface area contributed by atoms with E-state index < -0.39 is 0 Å². The van der Waals surface area contributed by atoms with Crippen LogP contribution in [0.5, 0.6) is 0 Å². The van der Waals surface area contributed by atoms with E-state index in [-0.39, 0.29) is 0 Å². The van der Waals surface area contributed by atoms with E-state index in [2.05, 4.69) is 36.2 Å². The van der Waals surface area contributed by atoms with Gasteiger partial charge in [0.2, 0.25) is 0 Å². The van der Waals surface area contributed by atoms with Gasteiger partial charge in [-0.25, -0.2) is 0 Å². The fraction of sp³-hybridized carbons (Fsp3) is 0.250. The van der Waals surface area contributed by atoms with Crippen molar-refractivity contribution >= 4 is 26.1 Å². The zero-order chi connectivity index (χ0) is 10.8. The average molecular weight is 285 g/mol. The molecule has 0 aliphatic carbocycles. The van der Waals surface area contributed by atoms with Gasteiger partial charge in [-0.05, 0) is 0 Å². The second-order valence-corrected chi connectivity index (χ2v) is 6.07. The van der Waals surface area contributed by atoms with E-state index in [1.807, 2.05) is 6.92 Å². The molecule has 1 heterocycles. The molecule has 0 aliphatic heterocycles. The maximum atomic E-state index is 5.87. The number of aryl methyl sites for hydroxylation is 2.